The second-order valence-corrected chi connectivity index (χ2v) is 6.49. The molecule has 0 unspecified atom stereocenters. The summed E-state index contributed by atoms with van der Waals surface area (Å²) in [6, 6.07) is 4.80. The van der Waals surface area contributed by atoms with Gasteiger partial charge in [-0.3, -0.25) is 13.9 Å². The van der Waals surface area contributed by atoms with E-state index in [9.17, 15) is 19.8 Å². The summed E-state index contributed by atoms with van der Waals surface area (Å²) in [5.41, 5.74) is 1.02. The summed E-state index contributed by atoms with van der Waals surface area (Å²) in [4.78, 5) is 28.5. The molecule has 0 aliphatic rings. The van der Waals surface area contributed by atoms with E-state index in [1.165, 1.54) is 17.7 Å². The molecule has 0 atom stereocenters. The van der Waals surface area contributed by atoms with Crippen molar-refractivity contribution in [3.05, 3.63) is 50.9 Å². The van der Waals surface area contributed by atoms with Gasteiger partial charge in [0.2, 0.25) is 0 Å². The molecule has 27 heavy (non-hydrogen) atoms. The van der Waals surface area contributed by atoms with E-state index in [1.807, 2.05) is 0 Å². The second-order valence-electron chi connectivity index (χ2n) is 6.49. The maximum atomic E-state index is 12.4. The molecule has 0 aliphatic heterocycles. The molecule has 9 heteroatoms. The van der Waals surface area contributed by atoms with Crippen molar-refractivity contribution in [2.75, 3.05) is 13.1 Å². The first-order valence-corrected chi connectivity index (χ1v) is 8.72. The molecule has 0 saturated heterocycles. The lowest BCUT2D eigenvalue weighted by molar-refractivity contribution is 0.403. The number of aryl methyl sites for hydroxylation is 2. The zero-order valence-electron chi connectivity index (χ0n) is 15.3. The van der Waals surface area contributed by atoms with Crippen molar-refractivity contribution >= 4 is 11.2 Å². The summed E-state index contributed by atoms with van der Waals surface area (Å²) < 4.78 is 4.24. The van der Waals surface area contributed by atoms with Crippen LogP contribution < -0.4 is 16.6 Å². The minimum atomic E-state index is -0.389. The highest BCUT2D eigenvalue weighted by atomic mass is 16.3. The van der Waals surface area contributed by atoms with Crippen molar-refractivity contribution < 1.29 is 10.2 Å². The average Bonchev–Trinajstić information content (AvgIpc) is 3.08. The summed E-state index contributed by atoms with van der Waals surface area (Å²) in [7, 11) is 3.06. The van der Waals surface area contributed by atoms with Crippen LogP contribution in [0.5, 0.6) is 11.5 Å². The molecule has 3 N–H and O–H groups in total. The first-order valence-electron chi connectivity index (χ1n) is 8.72. The molecule has 2 heterocycles. The van der Waals surface area contributed by atoms with E-state index in [-0.39, 0.29) is 22.7 Å². The van der Waals surface area contributed by atoms with Crippen molar-refractivity contribution in [2.24, 2.45) is 14.1 Å². The number of hydrogen-bond acceptors (Lipinski definition) is 6. The van der Waals surface area contributed by atoms with E-state index in [0.29, 0.717) is 17.7 Å². The van der Waals surface area contributed by atoms with Crippen LogP contribution in [-0.4, -0.2) is 42.0 Å². The number of nitrogens with one attached hydrogen (secondary N) is 1. The molecule has 144 valence electrons. The van der Waals surface area contributed by atoms with Crippen LogP contribution in [0.15, 0.2) is 34.1 Å². The molecule has 2 aromatic heterocycles. The van der Waals surface area contributed by atoms with Crippen LogP contribution in [0.2, 0.25) is 0 Å². The van der Waals surface area contributed by atoms with Gasteiger partial charge in [0.05, 0.1) is 6.33 Å². The van der Waals surface area contributed by atoms with Gasteiger partial charge >= 0.3 is 5.69 Å². The zero-order chi connectivity index (χ0) is 19.6. The third-order valence-electron chi connectivity index (χ3n) is 4.60. The summed E-state index contributed by atoms with van der Waals surface area (Å²) >= 11 is 0. The van der Waals surface area contributed by atoms with Crippen LogP contribution in [0.25, 0.3) is 11.2 Å². The standard InChI is InChI=1S/C18H23N5O4/c1-21-16-15(17(26)22(2)18(21)27)23(11-20-16)9-3-7-19-8-6-12-4-5-13(24)14(25)10-12/h4-5,10-11,19,24-25H,3,6-9H2,1-2H3. The fourth-order valence-electron chi connectivity index (χ4n) is 3.02. The van der Waals surface area contributed by atoms with Crippen LogP contribution in [0.1, 0.15) is 12.0 Å². The first-order chi connectivity index (χ1) is 12.9. The van der Waals surface area contributed by atoms with Crippen LogP contribution in [0, 0.1) is 0 Å². The number of fused-ring (bicyclic) bond motifs is 1. The molecular weight excluding hydrogens is 350 g/mol. The lowest BCUT2D eigenvalue weighted by atomic mass is 10.1. The van der Waals surface area contributed by atoms with Crippen molar-refractivity contribution in [2.45, 2.75) is 19.4 Å². The number of aromatic hydroxyl groups is 2. The first kappa shape index (κ1) is 18.7. The Kier molecular flexibility index (Phi) is 5.31. The second kappa shape index (κ2) is 7.67. The van der Waals surface area contributed by atoms with Gasteiger partial charge in [0, 0.05) is 20.6 Å². The lowest BCUT2D eigenvalue weighted by Gasteiger charge is -2.08. The van der Waals surface area contributed by atoms with Crippen molar-refractivity contribution in [1.29, 1.82) is 0 Å². The fourth-order valence-corrected chi connectivity index (χ4v) is 3.02. The lowest BCUT2D eigenvalue weighted by Crippen LogP contribution is -2.37. The monoisotopic (exact) mass is 373 g/mol. The smallest absolute Gasteiger partial charge is 0.332 e. The molecule has 0 spiro atoms. The maximum Gasteiger partial charge on any atom is 0.332 e. The summed E-state index contributed by atoms with van der Waals surface area (Å²) in [6.07, 6.45) is 3.10. The number of imidazole rings is 1. The number of benzene rings is 1. The predicted octanol–water partition coefficient (Wildman–Crippen LogP) is 0.0673. The van der Waals surface area contributed by atoms with Crippen LogP contribution >= 0.6 is 0 Å². The number of aromatic nitrogens is 4. The van der Waals surface area contributed by atoms with Crippen LogP contribution in [0.4, 0.5) is 0 Å². The van der Waals surface area contributed by atoms with Gasteiger partial charge in [-0.2, -0.15) is 0 Å². The molecular formula is C18H23N5O4. The Morgan fingerprint density at radius 1 is 1.07 bits per heavy atom. The minimum Gasteiger partial charge on any atom is -0.504 e. The van der Waals surface area contributed by atoms with Gasteiger partial charge in [-0.25, -0.2) is 9.78 Å². The highest BCUT2D eigenvalue weighted by Crippen LogP contribution is 2.24. The Morgan fingerprint density at radius 2 is 1.85 bits per heavy atom. The number of rotatable bonds is 7. The van der Waals surface area contributed by atoms with Crippen molar-refractivity contribution in [3.8, 4) is 11.5 Å². The topological polar surface area (TPSA) is 114 Å². The van der Waals surface area contributed by atoms with Gasteiger partial charge in [0.1, 0.15) is 0 Å². The van der Waals surface area contributed by atoms with E-state index >= 15 is 0 Å². The zero-order valence-corrected chi connectivity index (χ0v) is 15.3. The van der Waals surface area contributed by atoms with E-state index in [0.717, 1.165) is 36.1 Å². The normalized spacial score (nSPS) is 11.3. The Balaban J connectivity index is 1.55. The SMILES string of the molecule is Cn1c(=O)c2c(ncn2CCCNCCc2ccc(O)c(O)c2)n(C)c1=O. The third-order valence-corrected chi connectivity index (χ3v) is 4.60. The molecule has 0 bridgehead atoms. The van der Waals surface area contributed by atoms with E-state index in [4.69, 9.17) is 0 Å². The van der Waals surface area contributed by atoms with Gasteiger partial charge in [-0.15, -0.1) is 0 Å². The quantitative estimate of drug-likeness (QED) is 0.399. The van der Waals surface area contributed by atoms with E-state index in [2.05, 4.69) is 10.3 Å². The fraction of sp³-hybridized carbons (Fsp3) is 0.389. The minimum absolute atomic E-state index is 0.115. The number of nitrogens with zero attached hydrogens (tertiary/aromatic N) is 4. The Hall–Kier alpha value is -3.07. The molecule has 3 aromatic rings. The molecule has 9 nitrogen and oxygen atoms in total. The Morgan fingerprint density at radius 3 is 2.59 bits per heavy atom. The third kappa shape index (κ3) is 3.72. The van der Waals surface area contributed by atoms with Gasteiger partial charge in [-0.05, 0) is 43.6 Å². The number of hydrogen-bond donors (Lipinski definition) is 3. The summed E-state index contributed by atoms with van der Waals surface area (Å²) in [6.45, 7) is 2.08. The van der Waals surface area contributed by atoms with E-state index < -0.39 is 0 Å². The van der Waals surface area contributed by atoms with Gasteiger partial charge < -0.3 is 20.1 Å². The summed E-state index contributed by atoms with van der Waals surface area (Å²) in [5, 5.41) is 22.1. The van der Waals surface area contributed by atoms with Crippen molar-refractivity contribution in [3.63, 3.8) is 0 Å². The largest absolute Gasteiger partial charge is 0.504 e. The Bertz CT molecular complexity index is 1080. The van der Waals surface area contributed by atoms with Crippen LogP contribution in [-0.2, 0) is 27.1 Å². The molecule has 0 amide bonds. The maximum absolute atomic E-state index is 12.4. The van der Waals surface area contributed by atoms with Gasteiger partial charge in [0.25, 0.3) is 5.56 Å². The molecule has 1 aromatic carbocycles. The van der Waals surface area contributed by atoms with E-state index in [1.54, 1.807) is 30.1 Å². The average molecular weight is 373 g/mol. The van der Waals surface area contributed by atoms with Gasteiger partial charge in [0.15, 0.2) is 22.7 Å². The molecule has 0 radical (unpaired) electrons. The molecule has 0 saturated carbocycles. The van der Waals surface area contributed by atoms with Crippen LogP contribution in [0.3, 0.4) is 0 Å². The van der Waals surface area contributed by atoms with Gasteiger partial charge in [-0.1, -0.05) is 6.07 Å². The van der Waals surface area contributed by atoms with Crippen molar-refractivity contribution in [1.82, 2.24) is 24.0 Å². The number of phenols is 2. The predicted molar refractivity (Wildman–Crippen MR) is 101 cm³/mol. The Labute approximate surface area is 155 Å². The molecule has 0 fully saturated rings. The summed E-state index contributed by atoms with van der Waals surface area (Å²) in [5.74, 6) is -0.238. The molecule has 3 rings (SSSR count). The molecule has 0 aliphatic carbocycles. The highest BCUT2D eigenvalue weighted by Gasteiger charge is 2.13. The highest BCUT2D eigenvalue weighted by molar-refractivity contribution is 5.69. The number of phenolic OH excluding ortho intramolecular Hbond substituents is 2.